The van der Waals surface area contributed by atoms with E-state index in [1.54, 1.807) is 23.7 Å². The van der Waals surface area contributed by atoms with E-state index in [9.17, 15) is 0 Å². The summed E-state index contributed by atoms with van der Waals surface area (Å²) in [5, 5.41) is 12.2. The standard InChI is InChI=1S/C24H29ClN8OS/c1-16(2)33-29-17(3)32(30-33)23(34-20-7-5-4-6-8-20)21-15-35-22(28-21)18-9-11-31(12-10-18)24-26-13-19(25)14-27-24/h4-8,13-16,18,23,30H,9-12H2,1-3H3. The number of nitrogens with one attached hydrogen (secondary N) is 1. The summed E-state index contributed by atoms with van der Waals surface area (Å²) in [5.74, 6) is 2.73. The molecule has 5 rings (SSSR count). The Kier molecular flexibility index (Phi) is 7.03. The third-order valence-corrected chi connectivity index (χ3v) is 7.27. The molecule has 0 amide bonds. The maximum atomic E-state index is 6.43. The van der Waals surface area contributed by atoms with E-state index in [4.69, 9.17) is 21.3 Å². The molecule has 0 spiro atoms. The number of amidine groups is 1. The quantitative estimate of drug-likeness (QED) is 0.482. The molecule has 0 bridgehead atoms. The van der Waals surface area contributed by atoms with Crippen LogP contribution in [0.15, 0.2) is 53.2 Å². The van der Waals surface area contributed by atoms with Crippen molar-refractivity contribution in [1.29, 1.82) is 0 Å². The van der Waals surface area contributed by atoms with E-state index >= 15 is 0 Å². The number of thiazole rings is 1. The van der Waals surface area contributed by atoms with Crippen LogP contribution in [0.4, 0.5) is 5.95 Å². The second-order valence-electron chi connectivity index (χ2n) is 8.91. The summed E-state index contributed by atoms with van der Waals surface area (Å²) in [5.41, 5.74) is 4.21. The van der Waals surface area contributed by atoms with Crippen LogP contribution in [0.5, 0.6) is 5.75 Å². The molecule has 0 radical (unpaired) electrons. The third kappa shape index (κ3) is 5.34. The average molecular weight is 513 g/mol. The molecule has 2 aromatic heterocycles. The Labute approximate surface area is 214 Å². The van der Waals surface area contributed by atoms with Gasteiger partial charge in [-0.3, -0.25) is 0 Å². The van der Waals surface area contributed by atoms with Gasteiger partial charge in [0.05, 0.1) is 28.5 Å². The van der Waals surface area contributed by atoms with Crippen molar-refractivity contribution in [2.75, 3.05) is 18.0 Å². The number of halogens is 1. The van der Waals surface area contributed by atoms with E-state index in [1.165, 1.54) is 0 Å². The minimum Gasteiger partial charge on any atom is -0.463 e. The first-order chi connectivity index (χ1) is 17.0. The topological polar surface area (TPSA) is 82.0 Å². The molecule has 0 aliphatic carbocycles. The summed E-state index contributed by atoms with van der Waals surface area (Å²) in [6.07, 6.45) is 4.83. The predicted molar refractivity (Wildman–Crippen MR) is 138 cm³/mol. The smallest absolute Gasteiger partial charge is 0.232 e. The van der Waals surface area contributed by atoms with Crippen LogP contribution in [0, 0.1) is 0 Å². The van der Waals surface area contributed by atoms with Crippen LogP contribution in [0.25, 0.3) is 0 Å². The second kappa shape index (κ2) is 10.3. The highest BCUT2D eigenvalue weighted by Gasteiger charge is 2.33. The number of hydrazone groups is 1. The minimum absolute atomic E-state index is 0.202. The molecule has 1 N–H and O–H groups in total. The molecule has 184 valence electrons. The van der Waals surface area contributed by atoms with Gasteiger partial charge in [0, 0.05) is 24.4 Å². The van der Waals surface area contributed by atoms with Crippen LogP contribution >= 0.6 is 22.9 Å². The fraction of sp³-hybridized carbons (Fsp3) is 0.417. The molecule has 2 aliphatic heterocycles. The monoisotopic (exact) mass is 512 g/mol. The highest BCUT2D eigenvalue weighted by atomic mass is 35.5. The third-order valence-electron chi connectivity index (χ3n) is 6.05. The molecule has 3 aromatic rings. The Balaban J connectivity index is 1.32. The lowest BCUT2D eigenvalue weighted by Crippen LogP contribution is -2.48. The van der Waals surface area contributed by atoms with Gasteiger partial charge in [-0.05, 0) is 45.7 Å². The van der Waals surface area contributed by atoms with Crippen LogP contribution in [0.2, 0.25) is 5.02 Å². The SMILES string of the molecule is CC1=NN(C(C)C)NN1C(Oc1ccccc1)c1csc(C2CCN(c3ncc(Cl)cn3)CC2)n1. The van der Waals surface area contributed by atoms with Crippen LogP contribution in [-0.2, 0) is 0 Å². The molecule has 1 aromatic carbocycles. The van der Waals surface area contributed by atoms with Gasteiger partial charge < -0.3 is 9.64 Å². The minimum atomic E-state index is -0.447. The van der Waals surface area contributed by atoms with Crippen LogP contribution < -0.4 is 15.2 Å². The number of rotatable bonds is 7. The molecule has 1 fully saturated rings. The van der Waals surface area contributed by atoms with Crippen molar-refractivity contribution in [2.24, 2.45) is 5.10 Å². The van der Waals surface area contributed by atoms with Gasteiger partial charge in [-0.15, -0.1) is 22.0 Å². The number of hydrazine groups is 2. The van der Waals surface area contributed by atoms with Gasteiger partial charge in [0.25, 0.3) is 0 Å². The van der Waals surface area contributed by atoms with E-state index < -0.39 is 6.23 Å². The molecule has 2 aliphatic rings. The van der Waals surface area contributed by atoms with E-state index in [0.29, 0.717) is 10.9 Å². The Bertz CT molecular complexity index is 1150. The second-order valence-corrected chi connectivity index (χ2v) is 10.2. The first-order valence-electron chi connectivity index (χ1n) is 11.8. The van der Waals surface area contributed by atoms with Gasteiger partial charge in [-0.1, -0.05) is 29.8 Å². The lowest BCUT2D eigenvalue weighted by Gasteiger charge is -2.31. The Morgan fingerprint density at radius 3 is 2.49 bits per heavy atom. The molecule has 35 heavy (non-hydrogen) atoms. The van der Waals surface area contributed by atoms with Gasteiger partial charge in [0.1, 0.15) is 17.3 Å². The molecule has 4 heterocycles. The number of benzene rings is 1. The average Bonchev–Trinajstić information content (AvgIpc) is 3.51. The van der Waals surface area contributed by atoms with Crippen LogP contribution in [0.3, 0.4) is 0 Å². The number of ether oxygens (including phenoxy) is 1. The van der Waals surface area contributed by atoms with Crippen molar-refractivity contribution < 1.29 is 4.74 Å². The van der Waals surface area contributed by atoms with E-state index in [0.717, 1.165) is 54.2 Å². The van der Waals surface area contributed by atoms with Crippen molar-refractivity contribution in [2.45, 2.75) is 51.8 Å². The van der Waals surface area contributed by atoms with Crippen molar-refractivity contribution in [3.63, 3.8) is 0 Å². The molecule has 0 saturated carbocycles. The van der Waals surface area contributed by atoms with Gasteiger partial charge in [0.15, 0.2) is 0 Å². The highest BCUT2D eigenvalue weighted by molar-refractivity contribution is 7.09. The summed E-state index contributed by atoms with van der Waals surface area (Å²) in [4.78, 5) is 16.0. The van der Waals surface area contributed by atoms with Gasteiger partial charge >= 0.3 is 0 Å². The van der Waals surface area contributed by atoms with Crippen LogP contribution in [0.1, 0.15) is 56.5 Å². The van der Waals surface area contributed by atoms with E-state index in [1.807, 2.05) is 47.4 Å². The summed E-state index contributed by atoms with van der Waals surface area (Å²) >= 11 is 7.63. The zero-order valence-corrected chi connectivity index (χ0v) is 21.6. The van der Waals surface area contributed by atoms with E-state index in [2.05, 4.69) is 44.7 Å². The fourth-order valence-corrected chi connectivity index (χ4v) is 5.23. The summed E-state index contributed by atoms with van der Waals surface area (Å²) in [6.45, 7) is 7.91. The number of nitrogens with zero attached hydrogens (tertiary/aromatic N) is 7. The molecule has 1 unspecified atom stereocenters. The first kappa shape index (κ1) is 23.8. The molecule has 1 atom stereocenters. The number of para-hydroxylation sites is 1. The number of anilines is 1. The summed E-state index contributed by atoms with van der Waals surface area (Å²) in [7, 11) is 0. The summed E-state index contributed by atoms with van der Waals surface area (Å²) < 4.78 is 6.43. The Morgan fingerprint density at radius 1 is 1.11 bits per heavy atom. The van der Waals surface area contributed by atoms with Crippen molar-refractivity contribution in [3.05, 3.63) is 63.8 Å². The number of hydrogen-bond donors (Lipinski definition) is 1. The molecule has 1 saturated heterocycles. The highest BCUT2D eigenvalue weighted by Crippen LogP contribution is 2.34. The molecule has 11 heteroatoms. The van der Waals surface area contributed by atoms with Crippen molar-refractivity contribution in [3.8, 4) is 5.75 Å². The maximum absolute atomic E-state index is 6.43. The first-order valence-corrected chi connectivity index (χ1v) is 13.0. The molecular formula is C24H29ClN8OS. The number of piperidine rings is 1. The van der Waals surface area contributed by atoms with Crippen molar-refractivity contribution >= 4 is 34.7 Å². The van der Waals surface area contributed by atoms with Gasteiger partial charge in [-0.2, -0.15) is 0 Å². The van der Waals surface area contributed by atoms with E-state index in [-0.39, 0.29) is 6.04 Å². The largest absolute Gasteiger partial charge is 0.463 e. The lowest BCUT2D eigenvalue weighted by molar-refractivity contribution is -0.0199. The van der Waals surface area contributed by atoms with Gasteiger partial charge in [-0.25, -0.2) is 25.1 Å². The predicted octanol–water partition coefficient (Wildman–Crippen LogP) is 4.83. The molecule has 9 nitrogen and oxygen atoms in total. The van der Waals surface area contributed by atoms with Gasteiger partial charge in [0.2, 0.25) is 12.2 Å². The number of hydrogen-bond acceptors (Lipinski definition) is 10. The number of aromatic nitrogens is 3. The summed E-state index contributed by atoms with van der Waals surface area (Å²) in [6, 6.07) is 10.0. The lowest BCUT2D eigenvalue weighted by atomic mass is 9.98. The van der Waals surface area contributed by atoms with Crippen molar-refractivity contribution in [1.82, 2.24) is 30.6 Å². The fourth-order valence-electron chi connectivity index (χ4n) is 4.13. The molecular weight excluding hydrogens is 484 g/mol. The normalized spacial score (nSPS) is 17.7. The van der Waals surface area contributed by atoms with Crippen LogP contribution in [-0.4, -0.2) is 50.0 Å². The zero-order valence-electron chi connectivity index (χ0n) is 20.0. The maximum Gasteiger partial charge on any atom is 0.232 e. The Morgan fingerprint density at radius 2 is 1.83 bits per heavy atom. The zero-order chi connectivity index (χ0) is 24.4. The Hall–Kier alpha value is -2.95.